The molecule has 0 aromatic heterocycles. The Hall–Kier alpha value is -2.02. The molecule has 2 aliphatic heterocycles. The number of nitrogens with zero attached hydrogens (tertiary/aromatic N) is 3. The maximum atomic E-state index is 5.23. The predicted octanol–water partition coefficient (Wildman–Crippen LogP) is 0.235. The van der Waals surface area contributed by atoms with Gasteiger partial charge in [0.15, 0.2) is 5.84 Å². The van der Waals surface area contributed by atoms with Gasteiger partial charge in [0.25, 0.3) is 0 Å². The Labute approximate surface area is 70.0 Å². The normalized spacial score (nSPS) is 18.8. The summed E-state index contributed by atoms with van der Waals surface area (Å²) in [6.45, 7) is 0. The molecule has 0 aliphatic carbocycles. The van der Waals surface area contributed by atoms with Crippen molar-refractivity contribution in [1.29, 1.82) is 0 Å². The van der Waals surface area contributed by atoms with E-state index in [4.69, 9.17) is 6.42 Å². The number of hydrogen-bond acceptors (Lipinski definition) is 4. The summed E-state index contributed by atoms with van der Waals surface area (Å²) < 4.78 is 0. The number of amidine groups is 1. The number of fused-ring (bicyclic) bond motifs is 1. The number of nitrogens with one attached hydrogen (secondary N) is 1. The van der Waals surface area contributed by atoms with Crippen molar-refractivity contribution >= 4 is 12.2 Å². The van der Waals surface area contributed by atoms with Gasteiger partial charge >= 0.3 is 0 Å². The summed E-state index contributed by atoms with van der Waals surface area (Å²) in [6.07, 6.45) is 11.8. The number of aliphatic imine (C=N–C) groups is 2. The largest absolute Gasteiger partial charge is 0.356 e. The van der Waals surface area contributed by atoms with Crippen LogP contribution in [0.25, 0.3) is 0 Å². The molecule has 0 bridgehead atoms. The van der Waals surface area contributed by atoms with Gasteiger partial charge in [-0.1, -0.05) is 6.42 Å². The lowest BCUT2D eigenvalue weighted by atomic mass is 10.3. The van der Waals surface area contributed by atoms with Crippen molar-refractivity contribution in [2.24, 2.45) is 9.98 Å². The van der Waals surface area contributed by atoms with Gasteiger partial charge in [0.2, 0.25) is 0 Å². The van der Waals surface area contributed by atoms with Crippen molar-refractivity contribution in [2.45, 2.75) is 0 Å². The van der Waals surface area contributed by atoms with Crippen molar-refractivity contribution in [1.82, 2.24) is 10.2 Å². The fourth-order valence-corrected chi connectivity index (χ4v) is 0.980. The number of hydrogen-bond donors (Lipinski definition) is 1. The van der Waals surface area contributed by atoms with Crippen LogP contribution in [-0.4, -0.2) is 17.1 Å². The zero-order valence-electron chi connectivity index (χ0n) is 6.23. The number of rotatable bonds is 0. The quantitative estimate of drug-likeness (QED) is 0.513. The molecule has 0 aromatic carbocycles. The van der Waals surface area contributed by atoms with Crippen LogP contribution in [0.2, 0.25) is 0 Å². The molecule has 0 radical (unpaired) electrons. The average molecular weight is 158 g/mol. The van der Waals surface area contributed by atoms with E-state index >= 15 is 0 Å². The highest BCUT2D eigenvalue weighted by Gasteiger charge is 2.16. The van der Waals surface area contributed by atoms with E-state index < -0.39 is 0 Å². The molecule has 2 rings (SSSR count). The molecule has 0 unspecified atom stereocenters. The van der Waals surface area contributed by atoms with E-state index in [1.54, 1.807) is 24.9 Å². The Morgan fingerprint density at radius 1 is 1.58 bits per heavy atom. The van der Waals surface area contributed by atoms with Gasteiger partial charge in [0.05, 0.1) is 6.20 Å². The number of terminal acetylenes is 1. The summed E-state index contributed by atoms with van der Waals surface area (Å²) in [7, 11) is 0. The topological polar surface area (TPSA) is 40.0 Å². The van der Waals surface area contributed by atoms with Crippen LogP contribution in [0, 0.1) is 12.5 Å². The van der Waals surface area contributed by atoms with Crippen molar-refractivity contribution in [3.05, 3.63) is 24.3 Å². The van der Waals surface area contributed by atoms with E-state index in [1.165, 1.54) is 4.90 Å². The van der Waals surface area contributed by atoms with Crippen LogP contribution >= 0.6 is 0 Å². The Morgan fingerprint density at radius 2 is 2.50 bits per heavy atom. The first-order valence-electron chi connectivity index (χ1n) is 3.40. The minimum Gasteiger partial charge on any atom is -0.356 e. The molecule has 0 saturated heterocycles. The van der Waals surface area contributed by atoms with Gasteiger partial charge in [0.1, 0.15) is 12.0 Å². The van der Waals surface area contributed by atoms with Crippen molar-refractivity contribution in [3.8, 4) is 12.5 Å². The van der Waals surface area contributed by atoms with E-state index in [0.717, 1.165) is 5.70 Å². The van der Waals surface area contributed by atoms with E-state index in [2.05, 4.69) is 21.3 Å². The zero-order chi connectivity index (χ0) is 8.39. The molecular weight excluding hydrogens is 152 g/mol. The lowest BCUT2D eigenvalue weighted by Crippen LogP contribution is -2.34. The molecule has 0 saturated carbocycles. The first kappa shape index (κ1) is 6.68. The molecule has 58 valence electrons. The van der Waals surface area contributed by atoms with Gasteiger partial charge in [-0.15, -0.1) is 0 Å². The molecule has 0 atom stereocenters. The first-order chi connectivity index (χ1) is 5.92. The smallest absolute Gasteiger partial charge is 0.171 e. The first-order valence-corrected chi connectivity index (χ1v) is 3.40. The van der Waals surface area contributed by atoms with Crippen LogP contribution in [0.3, 0.4) is 0 Å². The highest BCUT2D eigenvalue weighted by Crippen LogP contribution is 2.07. The Kier molecular flexibility index (Phi) is 1.42. The lowest BCUT2D eigenvalue weighted by molar-refractivity contribution is 0.853. The van der Waals surface area contributed by atoms with Crippen LogP contribution in [0.4, 0.5) is 0 Å². The maximum absolute atomic E-state index is 5.23. The molecule has 2 heterocycles. The Bertz CT molecular complexity index is 354. The highest BCUT2D eigenvalue weighted by atomic mass is 15.2. The van der Waals surface area contributed by atoms with Crippen LogP contribution in [0.15, 0.2) is 34.3 Å². The molecule has 0 amide bonds. The van der Waals surface area contributed by atoms with Crippen LogP contribution in [0.5, 0.6) is 0 Å². The fraction of sp³-hybridized carbons (Fsp3) is 0. The predicted molar refractivity (Wildman–Crippen MR) is 47.0 cm³/mol. The van der Waals surface area contributed by atoms with E-state index in [1.807, 2.05) is 0 Å². The van der Waals surface area contributed by atoms with Gasteiger partial charge in [0, 0.05) is 18.4 Å². The molecule has 4 heteroatoms. The summed E-state index contributed by atoms with van der Waals surface area (Å²) in [5.74, 6) is 0.704. The third-order valence-corrected chi connectivity index (χ3v) is 1.50. The molecule has 4 nitrogen and oxygen atoms in total. The van der Waals surface area contributed by atoms with Crippen molar-refractivity contribution in [3.63, 3.8) is 0 Å². The van der Waals surface area contributed by atoms with Crippen LogP contribution in [0.1, 0.15) is 0 Å². The van der Waals surface area contributed by atoms with E-state index in [0.29, 0.717) is 5.84 Å². The molecule has 0 spiro atoms. The minimum absolute atomic E-state index is 0.704. The third-order valence-electron chi connectivity index (χ3n) is 1.50. The van der Waals surface area contributed by atoms with Gasteiger partial charge in [-0.05, 0) is 0 Å². The maximum Gasteiger partial charge on any atom is 0.171 e. The monoisotopic (exact) mass is 158 g/mol. The molecule has 1 N–H and O–H groups in total. The summed E-state index contributed by atoms with van der Waals surface area (Å²) >= 11 is 0. The zero-order valence-corrected chi connectivity index (χ0v) is 6.23. The standard InChI is InChI=1S/C8H6N4/c1-2-12-6-9-5-7-8(12)11-4-3-10-7/h1,3-6,10H. The molecule has 12 heavy (non-hydrogen) atoms. The van der Waals surface area contributed by atoms with E-state index in [9.17, 15) is 0 Å². The van der Waals surface area contributed by atoms with Gasteiger partial charge in [-0.3, -0.25) is 0 Å². The van der Waals surface area contributed by atoms with E-state index in [-0.39, 0.29) is 0 Å². The highest BCUT2D eigenvalue weighted by molar-refractivity contribution is 6.07. The second-order valence-electron chi connectivity index (χ2n) is 2.22. The third kappa shape index (κ3) is 0.883. The van der Waals surface area contributed by atoms with Crippen LogP contribution < -0.4 is 5.32 Å². The average Bonchev–Trinajstić information content (AvgIpc) is 2.17. The molecule has 0 aromatic rings. The lowest BCUT2D eigenvalue weighted by Gasteiger charge is -2.21. The van der Waals surface area contributed by atoms with Crippen molar-refractivity contribution in [2.75, 3.05) is 0 Å². The SMILES string of the molecule is C#CN1C=NC=C2NC=CN=C21. The Balaban J connectivity index is 2.42. The second-order valence-corrected chi connectivity index (χ2v) is 2.22. The summed E-state index contributed by atoms with van der Waals surface area (Å²) in [5, 5.41) is 2.98. The van der Waals surface area contributed by atoms with Gasteiger partial charge < -0.3 is 5.32 Å². The van der Waals surface area contributed by atoms with Crippen molar-refractivity contribution < 1.29 is 0 Å². The summed E-state index contributed by atoms with van der Waals surface area (Å²) in [4.78, 5) is 9.55. The minimum atomic E-state index is 0.704. The van der Waals surface area contributed by atoms with Gasteiger partial charge in [-0.25, -0.2) is 14.9 Å². The Morgan fingerprint density at radius 3 is 3.33 bits per heavy atom. The second kappa shape index (κ2) is 2.55. The van der Waals surface area contributed by atoms with Crippen LogP contribution in [-0.2, 0) is 0 Å². The summed E-state index contributed by atoms with van der Waals surface area (Å²) in [5.41, 5.74) is 0.818. The summed E-state index contributed by atoms with van der Waals surface area (Å²) in [6, 6.07) is 2.44. The molecule has 0 fully saturated rings. The van der Waals surface area contributed by atoms with Gasteiger partial charge in [-0.2, -0.15) is 0 Å². The fourth-order valence-electron chi connectivity index (χ4n) is 0.980. The molecule has 2 aliphatic rings. The molecular formula is C8H6N4.